The minimum absolute atomic E-state index is 0.00377. The van der Waals surface area contributed by atoms with Crippen molar-refractivity contribution in [3.63, 3.8) is 0 Å². The van der Waals surface area contributed by atoms with Crippen LogP contribution in [0.25, 0.3) is 0 Å². The van der Waals surface area contributed by atoms with Gasteiger partial charge in [-0.1, -0.05) is 68.5 Å². The van der Waals surface area contributed by atoms with Crippen LogP contribution in [-0.2, 0) is 19.8 Å². The fourth-order valence-electron chi connectivity index (χ4n) is 6.59. The first-order valence-corrected chi connectivity index (χ1v) is 12.3. The van der Waals surface area contributed by atoms with Crippen molar-refractivity contribution in [2.45, 2.75) is 32.1 Å². The Balaban J connectivity index is 1.07. The summed E-state index contributed by atoms with van der Waals surface area (Å²) in [6.45, 7) is 4.42. The molecule has 2 saturated carbocycles. The molecule has 2 bridgehead atoms. The van der Waals surface area contributed by atoms with Gasteiger partial charge in [0, 0.05) is 12.0 Å². The Kier molecular flexibility index (Phi) is 4.80. The average molecular weight is 456 g/mol. The Morgan fingerprint density at radius 2 is 1.44 bits per heavy atom. The van der Waals surface area contributed by atoms with Gasteiger partial charge in [0.2, 0.25) is 11.8 Å². The van der Waals surface area contributed by atoms with E-state index in [0.29, 0.717) is 17.6 Å². The molecule has 0 aromatic heterocycles. The average Bonchev–Trinajstić information content (AvgIpc) is 3.63. The van der Waals surface area contributed by atoms with Crippen molar-refractivity contribution in [1.82, 2.24) is 4.90 Å². The van der Waals surface area contributed by atoms with Crippen LogP contribution in [0.1, 0.15) is 37.8 Å². The molecule has 1 saturated heterocycles. The summed E-state index contributed by atoms with van der Waals surface area (Å²) in [6.07, 6.45) is 5.46. The Morgan fingerprint density at radius 1 is 0.882 bits per heavy atom. The summed E-state index contributed by atoms with van der Waals surface area (Å²) in [7, 11) is 0. The molecule has 0 radical (unpaired) electrons. The Hall–Kier alpha value is -3.21. The number of amides is 2. The van der Waals surface area contributed by atoms with E-state index in [4.69, 9.17) is 4.74 Å². The van der Waals surface area contributed by atoms with Gasteiger partial charge >= 0.3 is 5.97 Å². The smallest absolute Gasteiger partial charge is 0.312 e. The molecule has 0 unspecified atom stereocenters. The van der Waals surface area contributed by atoms with Gasteiger partial charge in [-0.15, -0.1) is 0 Å². The molecule has 2 amide bonds. The lowest BCUT2D eigenvalue weighted by Crippen LogP contribution is -2.40. The quantitative estimate of drug-likeness (QED) is 0.281. The van der Waals surface area contributed by atoms with E-state index in [1.165, 1.54) is 10.5 Å². The normalized spacial score (nSPS) is 30.8. The molecule has 0 N–H and O–H groups in total. The van der Waals surface area contributed by atoms with E-state index in [0.717, 1.165) is 12.0 Å². The van der Waals surface area contributed by atoms with Crippen molar-refractivity contribution < 1.29 is 19.1 Å². The number of carbonyl (C=O) groups is 3. The maximum absolute atomic E-state index is 13.0. The number of nitrogens with zero attached hydrogens (tertiary/aromatic N) is 1. The predicted molar refractivity (Wildman–Crippen MR) is 127 cm³/mol. The predicted octanol–water partition coefficient (Wildman–Crippen LogP) is 4.36. The highest BCUT2D eigenvalue weighted by Crippen LogP contribution is 2.65. The first-order valence-electron chi connectivity index (χ1n) is 12.3. The molecule has 5 nitrogen and oxygen atoms in total. The number of carbonyl (C=O) groups excluding carboxylic acids is 3. The number of hydrogen-bond acceptors (Lipinski definition) is 4. The molecule has 3 fully saturated rings. The highest BCUT2D eigenvalue weighted by molar-refractivity contribution is 6.06. The first-order chi connectivity index (χ1) is 16.4. The Morgan fingerprint density at radius 3 is 2.03 bits per heavy atom. The first kappa shape index (κ1) is 21.3. The van der Waals surface area contributed by atoms with E-state index in [9.17, 15) is 14.4 Å². The van der Waals surface area contributed by atoms with Crippen LogP contribution in [0.4, 0.5) is 0 Å². The van der Waals surface area contributed by atoms with Gasteiger partial charge in [0.15, 0.2) is 0 Å². The lowest BCUT2D eigenvalue weighted by atomic mass is 9.63. The summed E-state index contributed by atoms with van der Waals surface area (Å²) in [4.78, 5) is 39.9. The number of allylic oxidation sites excluding steroid dienone is 2. The molecule has 1 aliphatic heterocycles. The number of likely N-dealkylation sites (tertiary alicyclic amines) is 1. The van der Waals surface area contributed by atoms with Crippen molar-refractivity contribution in [3.05, 3.63) is 77.9 Å². The van der Waals surface area contributed by atoms with E-state index < -0.39 is 5.97 Å². The molecule has 7 rings (SSSR count). The third-order valence-corrected chi connectivity index (χ3v) is 8.60. The van der Waals surface area contributed by atoms with Gasteiger partial charge < -0.3 is 4.74 Å². The minimum atomic E-state index is -0.436. The zero-order chi connectivity index (χ0) is 23.6. The van der Waals surface area contributed by atoms with Crippen LogP contribution in [0.2, 0.25) is 0 Å². The van der Waals surface area contributed by atoms with E-state index >= 15 is 0 Å². The maximum Gasteiger partial charge on any atom is 0.312 e. The van der Waals surface area contributed by atoms with Crippen molar-refractivity contribution in [1.29, 1.82) is 0 Å². The Bertz CT molecular complexity index is 1150. The second-order valence-corrected chi connectivity index (χ2v) is 10.7. The molecule has 174 valence electrons. The molecule has 6 atom stereocenters. The van der Waals surface area contributed by atoms with E-state index in [2.05, 4.69) is 38.1 Å². The summed E-state index contributed by atoms with van der Waals surface area (Å²) in [5.41, 5.74) is 2.16. The summed E-state index contributed by atoms with van der Waals surface area (Å²) in [5, 5.41) is 0. The number of benzene rings is 2. The molecular weight excluding hydrogens is 426 g/mol. The van der Waals surface area contributed by atoms with Gasteiger partial charge in [-0.25, -0.2) is 0 Å². The number of imide groups is 1. The monoisotopic (exact) mass is 455 g/mol. The summed E-state index contributed by atoms with van der Waals surface area (Å²) < 4.78 is 5.51. The highest BCUT2D eigenvalue weighted by atomic mass is 16.5. The third-order valence-electron chi connectivity index (χ3n) is 8.60. The molecule has 5 heteroatoms. The third kappa shape index (κ3) is 3.24. The standard InChI is InChI=1S/C29H29NO4/c1-29(2,17-6-4-3-5-7-17)18-8-10-19(11-9-18)34-24(31)14-15-30-27(32)25-20-12-13-21(23-16-22(20)23)26(25)28(30)33/h3-13,20-23,25-26H,14-16H2,1-2H3/t20-,21-,22-,23+,25-,26+/m0/s1. The van der Waals surface area contributed by atoms with Crippen LogP contribution in [0.5, 0.6) is 5.75 Å². The van der Waals surface area contributed by atoms with Crippen LogP contribution in [0, 0.1) is 35.5 Å². The van der Waals surface area contributed by atoms with E-state index in [1.807, 2.05) is 30.3 Å². The fourth-order valence-corrected chi connectivity index (χ4v) is 6.59. The number of hydrogen-bond donors (Lipinski definition) is 0. The van der Waals surface area contributed by atoms with Crippen LogP contribution in [0.15, 0.2) is 66.7 Å². The largest absolute Gasteiger partial charge is 0.426 e. The van der Waals surface area contributed by atoms with Crippen LogP contribution in [0.3, 0.4) is 0 Å². The molecule has 1 heterocycles. The molecular formula is C29H29NO4. The van der Waals surface area contributed by atoms with Gasteiger partial charge in [-0.3, -0.25) is 19.3 Å². The molecule has 0 spiro atoms. The Labute approximate surface area is 199 Å². The van der Waals surface area contributed by atoms with Crippen LogP contribution in [-0.4, -0.2) is 29.2 Å². The second-order valence-electron chi connectivity index (χ2n) is 10.7. The SMILES string of the molecule is CC(C)(c1ccccc1)c1ccc(OC(=O)CCN2C(=O)[C@@H]3[C@H]4C=C[C@@H]([C@@H]5C[C@H]45)[C@@H]3C2=O)cc1. The summed E-state index contributed by atoms with van der Waals surface area (Å²) >= 11 is 0. The van der Waals surface area contributed by atoms with E-state index in [1.54, 1.807) is 12.1 Å². The van der Waals surface area contributed by atoms with Gasteiger partial charge in [0.25, 0.3) is 0 Å². The zero-order valence-electron chi connectivity index (χ0n) is 19.5. The van der Waals surface area contributed by atoms with Gasteiger partial charge in [-0.2, -0.15) is 0 Å². The maximum atomic E-state index is 13.0. The second kappa shape index (κ2) is 7.66. The van der Waals surface area contributed by atoms with Crippen molar-refractivity contribution in [2.24, 2.45) is 35.5 Å². The van der Waals surface area contributed by atoms with Crippen molar-refractivity contribution >= 4 is 17.8 Å². The zero-order valence-corrected chi connectivity index (χ0v) is 19.5. The number of esters is 1. The molecule has 5 aliphatic rings. The fraction of sp³-hybridized carbons (Fsp3) is 0.414. The van der Waals surface area contributed by atoms with Gasteiger partial charge in [0.05, 0.1) is 18.3 Å². The van der Waals surface area contributed by atoms with Crippen LogP contribution >= 0.6 is 0 Å². The topological polar surface area (TPSA) is 63.7 Å². The van der Waals surface area contributed by atoms with Gasteiger partial charge in [-0.05, 0) is 53.4 Å². The lowest BCUT2D eigenvalue weighted by molar-refractivity contribution is -0.141. The molecule has 2 aromatic carbocycles. The lowest BCUT2D eigenvalue weighted by Gasteiger charge is -2.37. The molecule has 2 aromatic rings. The van der Waals surface area contributed by atoms with Gasteiger partial charge in [0.1, 0.15) is 5.75 Å². The van der Waals surface area contributed by atoms with E-state index in [-0.39, 0.29) is 53.9 Å². The minimum Gasteiger partial charge on any atom is -0.426 e. The number of ether oxygens (including phenoxy) is 1. The van der Waals surface area contributed by atoms with Crippen LogP contribution < -0.4 is 4.74 Å². The highest BCUT2D eigenvalue weighted by Gasteiger charge is 2.66. The molecule has 34 heavy (non-hydrogen) atoms. The molecule has 4 aliphatic carbocycles. The van der Waals surface area contributed by atoms with Crippen molar-refractivity contribution in [3.8, 4) is 5.75 Å². The summed E-state index contributed by atoms with van der Waals surface area (Å²) in [6, 6.07) is 17.8. The number of rotatable bonds is 6. The van der Waals surface area contributed by atoms with Crippen molar-refractivity contribution in [2.75, 3.05) is 6.54 Å². The summed E-state index contributed by atoms with van der Waals surface area (Å²) in [5.74, 6) is 0.951.